The van der Waals surface area contributed by atoms with Gasteiger partial charge in [0.1, 0.15) is 12.0 Å². The van der Waals surface area contributed by atoms with E-state index in [4.69, 9.17) is 9.47 Å². The van der Waals surface area contributed by atoms with Gasteiger partial charge in [0, 0.05) is 42.8 Å². The molecule has 1 saturated heterocycles. The summed E-state index contributed by atoms with van der Waals surface area (Å²) >= 11 is 0. The van der Waals surface area contributed by atoms with Gasteiger partial charge in [0.15, 0.2) is 5.76 Å². The van der Waals surface area contributed by atoms with Crippen LogP contribution < -0.4 is 5.32 Å². The van der Waals surface area contributed by atoms with E-state index in [0.717, 1.165) is 24.8 Å². The van der Waals surface area contributed by atoms with E-state index >= 15 is 0 Å². The molecule has 4 rings (SSSR count). The van der Waals surface area contributed by atoms with Crippen LogP contribution in [-0.2, 0) is 20.7 Å². The summed E-state index contributed by atoms with van der Waals surface area (Å²) in [5.41, 5.74) is 1.64. The minimum atomic E-state index is -0.541. The average Bonchev–Trinajstić information content (AvgIpc) is 3.41. The van der Waals surface area contributed by atoms with Crippen molar-refractivity contribution in [3.8, 4) is 0 Å². The monoisotopic (exact) mass is 463 g/mol. The Kier molecular flexibility index (Phi) is 7.22. The van der Waals surface area contributed by atoms with Gasteiger partial charge < -0.3 is 19.7 Å². The van der Waals surface area contributed by atoms with Gasteiger partial charge in [-0.25, -0.2) is 0 Å². The molecule has 0 spiro atoms. The normalized spacial score (nSPS) is 16.0. The Morgan fingerprint density at radius 3 is 2.32 bits per heavy atom. The van der Waals surface area contributed by atoms with E-state index in [1.54, 1.807) is 4.90 Å². The second-order valence-corrected chi connectivity index (χ2v) is 8.04. The smallest absolute Gasteiger partial charge is 0.270 e. The van der Waals surface area contributed by atoms with Gasteiger partial charge in [-0.2, -0.15) is 0 Å². The zero-order chi connectivity index (χ0) is 23.9. The van der Waals surface area contributed by atoms with Gasteiger partial charge >= 0.3 is 0 Å². The number of ether oxygens (including phenoxy) is 2. The number of nitro groups is 1. The molecule has 0 aliphatic carbocycles. The van der Waals surface area contributed by atoms with E-state index in [0.29, 0.717) is 30.8 Å². The number of nitro benzene ring substituents is 1. The third kappa shape index (κ3) is 5.43. The van der Waals surface area contributed by atoms with Crippen LogP contribution in [0.25, 0.3) is 0 Å². The molecule has 1 fully saturated rings. The van der Waals surface area contributed by atoms with Gasteiger partial charge in [0.05, 0.1) is 4.92 Å². The van der Waals surface area contributed by atoms with Crippen LogP contribution in [0.3, 0.4) is 0 Å². The molecule has 2 aromatic carbocycles. The Morgan fingerprint density at radius 2 is 1.71 bits per heavy atom. The third-order valence-electron chi connectivity index (χ3n) is 5.73. The highest BCUT2D eigenvalue weighted by molar-refractivity contribution is 6.03. The maximum Gasteiger partial charge on any atom is 0.270 e. The molecule has 9 heteroatoms. The summed E-state index contributed by atoms with van der Waals surface area (Å²) in [5.74, 6) is -0.453. The number of allylic oxidation sites excluding steroid dienone is 1. The van der Waals surface area contributed by atoms with Crippen LogP contribution in [0.4, 0.5) is 5.69 Å². The number of nitrogens with one attached hydrogen (secondary N) is 1. The number of benzene rings is 2. The Labute approximate surface area is 196 Å². The van der Waals surface area contributed by atoms with Gasteiger partial charge in [-0.3, -0.25) is 19.7 Å². The van der Waals surface area contributed by atoms with Crippen molar-refractivity contribution in [3.63, 3.8) is 0 Å². The quantitative estimate of drug-likeness (QED) is 0.381. The molecule has 1 N–H and O–H groups in total. The van der Waals surface area contributed by atoms with Gasteiger partial charge in [-0.1, -0.05) is 30.3 Å². The van der Waals surface area contributed by atoms with E-state index in [-0.39, 0.29) is 29.6 Å². The topological polar surface area (TPSA) is 111 Å². The van der Waals surface area contributed by atoms with Gasteiger partial charge in [0.2, 0.25) is 6.79 Å². The van der Waals surface area contributed by atoms with Crippen molar-refractivity contribution < 1.29 is 24.0 Å². The summed E-state index contributed by atoms with van der Waals surface area (Å²) < 4.78 is 10.9. The zero-order valence-corrected chi connectivity index (χ0v) is 18.6. The first-order valence-electron chi connectivity index (χ1n) is 11.1. The molecule has 0 aromatic heterocycles. The van der Waals surface area contributed by atoms with E-state index in [9.17, 15) is 19.7 Å². The summed E-state index contributed by atoms with van der Waals surface area (Å²) in [5, 5.41) is 13.7. The molecule has 0 radical (unpaired) electrons. The lowest BCUT2D eigenvalue weighted by Crippen LogP contribution is -2.42. The van der Waals surface area contributed by atoms with Crippen LogP contribution in [0.15, 0.2) is 77.9 Å². The summed E-state index contributed by atoms with van der Waals surface area (Å²) in [4.78, 5) is 38.9. The van der Waals surface area contributed by atoms with Crippen molar-refractivity contribution in [3.05, 3.63) is 99.1 Å². The number of carbonyl (C=O) groups excluding carboxylic acids is 2. The SMILES string of the molecule is O=C(NC(C(=O)N1CCCCC1)=C(Cc1ccccc1)C1=COCO1)c1ccc([N+](=O)[O-])cc1. The minimum Gasteiger partial charge on any atom is -0.461 e. The second-order valence-electron chi connectivity index (χ2n) is 8.04. The maximum atomic E-state index is 13.6. The number of nitrogens with zero attached hydrogens (tertiary/aromatic N) is 2. The van der Waals surface area contributed by atoms with Crippen molar-refractivity contribution in [2.45, 2.75) is 25.7 Å². The lowest BCUT2D eigenvalue weighted by atomic mass is 10.00. The molecule has 2 aromatic rings. The first-order valence-corrected chi connectivity index (χ1v) is 11.1. The van der Waals surface area contributed by atoms with E-state index in [2.05, 4.69) is 5.32 Å². The standard InChI is InChI=1S/C25H25N3O6/c29-24(19-9-11-20(12-10-19)28(31)32)26-23(25(30)27-13-5-2-6-14-27)21(22-16-33-17-34-22)15-18-7-3-1-4-8-18/h1,3-4,7-12,16H,2,5-6,13-15,17H2,(H,26,29). The number of piperidine rings is 1. The Balaban J connectivity index is 1.72. The average molecular weight is 463 g/mol. The van der Waals surface area contributed by atoms with Crippen LogP contribution in [0.5, 0.6) is 0 Å². The molecular weight excluding hydrogens is 438 g/mol. The van der Waals surface area contributed by atoms with Crippen LogP contribution >= 0.6 is 0 Å². The van der Waals surface area contributed by atoms with E-state index in [1.165, 1.54) is 30.5 Å². The van der Waals surface area contributed by atoms with E-state index < -0.39 is 10.8 Å². The molecule has 9 nitrogen and oxygen atoms in total. The van der Waals surface area contributed by atoms with Crippen LogP contribution in [-0.4, -0.2) is 41.5 Å². The minimum absolute atomic E-state index is 0.0229. The molecule has 0 unspecified atom stereocenters. The highest BCUT2D eigenvalue weighted by Gasteiger charge is 2.29. The Bertz CT molecular complexity index is 1120. The van der Waals surface area contributed by atoms with Crippen molar-refractivity contribution in [1.29, 1.82) is 0 Å². The fourth-order valence-corrected chi connectivity index (χ4v) is 3.93. The molecule has 2 aliphatic rings. The molecule has 2 amide bonds. The molecule has 34 heavy (non-hydrogen) atoms. The number of non-ortho nitro benzene ring substituents is 1. The van der Waals surface area contributed by atoms with Crippen molar-refractivity contribution in [2.75, 3.05) is 19.9 Å². The number of rotatable bonds is 7. The fraction of sp³-hybridized carbons (Fsp3) is 0.280. The first kappa shape index (κ1) is 23.0. The van der Waals surface area contributed by atoms with Gasteiger partial charge in [0.25, 0.3) is 17.5 Å². The van der Waals surface area contributed by atoms with Gasteiger partial charge in [-0.05, 0) is 37.0 Å². The third-order valence-corrected chi connectivity index (χ3v) is 5.73. The summed E-state index contributed by atoms with van der Waals surface area (Å²) in [6.07, 6.45) is 4.62. The molecular formula is C25H25N3O6. The van der Waals surface area contributed by atoms with Crippen LogP contribution in [0.1, 0.15) is 35.2 Å². The fourth-order valence-electron chi connectivity index (χ4n) is 3.93. The Hall–Kier alpha value is -4.14. The highest BCUT2D eigenvalue weighted by atomic mass is 16.7. The van der Waals surface area contributed by atoms with E-state index in [1.807, 2.05) is 30.3 Å². The number of hydrogen-bond donors (Lipinski definition) is 1. The Morgan fingerprint density at radius 1 is 1.00 bits per heavy atom. The van der Waals surface area contributed by atoms with Crippen LogP contribution in [0, 0.1) is 10.1 Å². The van der Waals surface area contributed by atoms with Crippen molar-refractivity contribution in [1.82, 2.24) is 10.2 Å². The predicted molar refractivity (Wildman–Crippen MR) is 123 cm³/mol. The largest absolute Gasteiger partial charge is 0.461 e. The van der Waals surface area contributed by atoms with Crippen molar-refractivity contribution in [2.24, 2.45) is 0 Å². The number of hydrogen-bond acceptors (Lipinski definition) is 6. The predicted octanol–water partition coefficient (Wildman–Crippen LogP) is 3.68. The molecule has 2 heterocycles. The molecule has 176 valence electrons. The lowest BCUT2D eigenvalue weighted by molar-refractivity contribution is -0.384. The highest BCUT2D eigenvalue weighted by Crippen LogP contribution is 2.26. The summed E-state index contributed by atoms with van der Waals surface area (Å²) in [6, 6.07) is 14.8. The number of likely N-dealkylation sites (tertiary alicyclic amines) is 1. The molecule has 0 atom stereocenters. The molecule has 0 saturated carbocycles. The summed E-state index contributed by atoms with van der Waals surface area (Å²) in [7, 11) is 0. The summed E-state index contributed by atoms with van der Waals surface area (Å²) in [6.45, 7) is 1.23. The molecule has 2 aliphatic heterocycles. The zero-order valence-electron chi connectivity index (χ0n) is 18.6. The second kappa shape index (κ2) is 10.7. The lowest BCUT2D eigenvalue weighted by Gasteiger charge is -2.29. The molecule has 0 bridgehead atoms. The maximum absolute atomic E-state index is 13.6. The van der Waals surface area contributed by atoms with Crippen LogP contribution in [0.2, 0.25) is 0 Å². The van der Waals surface area contributed by atoms with Gasteiger partial charge in [-0.15, -0.1) is 0 Å². The number of amides is 2. The number of carbonyl (C=O) groups is 2. The van der Waals surface area contributed by atoms with Crippen molar-refractivity contribution >= 4 is 17.5 Å². The first-order chi connectivity index (χ1) is 16.5.